The molecule has 2 unspecified atom stereocenters. The van der Waals surface area contributed by atoms with Crippen LogP contribution in [0.1, 0.15) is 111 Å². The van der Waals surface area contributed by atoms with E-state index in [1.54, 1.807) is 0 Å². The third kappa shape index (κ3) is 20.7. The molecule has 1 saturated carbocycles. The average Bonchev–Trinajstić information content (AvgIpc) is 2.66. The van der Waals surface area contributed by atoms with Crippen molar-refractivity contribution in [1.29, 1.82) is 0 Å². The number of halogens is 7. The first-order chi connectivity index (χ1) is 14.0. The van der Waals surface area contributed by atoms with E-state index >= 15 is 0 Å². The molecule has 0 aromatic heterocycles. The normalized spacial score (nSPS) is 21.9. The van der Waals surface area contributed by atoms with E-state index in [-0.39, 0.29) is 24.7 Å². The van der Waals surface area contributed by atoms with Crippen LogP contribution in [0.25, 0.3) is 0 Å². The quantitative estimate of drug-likeness (QED) is 0.326. The Kier molecular flexibility index (Phi) is 19.1. The largest absolute Gasteiger partial charge is 0.389 e. The van der Waals surface area contributed by atoms with E-state index in [1.165, 1.54) is 12.8 Å². The van der Waals surface area contributed by atoms with Crippen molar-refractivity contribution >= 4 is 0 Å². The van der Waals surface area contributed by atoms with Crippen LogP contribution in [0.5, 0.6) is 0 Å². The molecule has 1 fully saturated rings. The van der Waals surface area contributed by atoms with Gasteiger partial charge < -0.3 is 0 Å². The number of hydrogen-bond acceptors (Lipinski definition) is 1. The molecule has 0 aromatic carbocycles. The lowest BCUT2D eigenvalue weighted by Crippen LogP contribution is -2.24. The molecule has 1 N–H and O–H groups in total. The molecular formula is C22H41F7O. The van der Waals surface area contributed by atoms with Gasteiger partial charge in [0.1, 0.15) is 0 Å². The highest BCUT2D eigenvalue weighted by atomic mass is 19.4. The van der Waals surface area contributed by atoms with Gasteiger partial charge in [0.05, 0.1) is 0 Å². The zero-order valence-electron chi connectivity index (χ0n) is 18.7. The molecule has 0 bridgehead atoms. The Labute approximate surface area is 177 Å². The number of hydrogen-bond donors (Lipinski definition) is 1. The topological polar surface area (TPSA) is 20.2 Å². The van der Waals surface area contributed by atoms with Crippen LogP contribution in [0.4, 0.5) is 30.9 Å². The Balaban J connectivity index is 0. The van der Waals surface area contributed by atoms with Gasteiger partial charge in [-0.2, -0.15) is 26.3 Å². The van der Waals surface area contributed by atoms with Crippen LogP contribution >= 0.6 is 0 Å². The van der Waals surface area contributed by atoms with Gasteiger partial charge in [-0.1, -0.05) is 70.2 Å². The fraction of sp³-hybridized carbons (Fsp3) is 1.00. The second kappa shape index (κ2) is 18.1. The van der Waals surface area contributed by atoms with Crippen molar-refractivity contribution in [3.8, 4) is 0 Å². The molecule has 184 valence electrons. The summed E-state index contributed by atoms with van der Waals surface area (Å²) in [6.45, 7) is 6.46. The molecule has 0 aromatic rings. The molecular weight excluding hydrogens is 413 g/mol. The number of rotatable bonds is 10. The van der Waals surface area contributed by atoms with Gasteiger partial charge in [-0.05, 0) is 49.9 Å². The van der Waals surface area contributed by atoms with E-state index in [2.05, 4.69) is 20.8 Å². The van der Waals surface area contributed by atoms with Crippen LogP contribution in [0.3, 0.4) is 0 Å². The van der Waals surface area contributed by atoms with Crippen molar-refractivity contribution in [2.24, 2.45) is 17.8 Å². The Morgan fingerprint density at radius 1 is 0.567 bits per heavy atom. The minimum Gasteiger partial charge on any atom is -0.209 e. The summed E-state index contributed by atoms with van der Waals surface area (Å²) < 4.78 is 82.3. The van der Waals surface area contributed by atoms with Crippen molar-refractivity contribution in [1.82, 2.24) is 0 Å². The lowest BCUT2D eigenvalue weighted by molar-refractivity contribution is -0.136. The SMILES string of the molecule is CCCC.CCCCC1CC(CCCC(F)(F)F)CC(CCCC(F)(F)F)C1.OF. The first-order valence-electron chi connectivity index (χ1n) is 11.3. The van der Waals surface area contributed by atoms with Gasteiger partial charge in [0, 0.05) is 12.8 Å². The predicted octanol–water partition coefficient (Wildman–Crippen LogP) is 9.34. The Morgan fingerprint density at radius 3 is 1.10 bits per heavy atom. The zero-order chi connectivity index (χ0) is 23.6. The zero-order valence-corrected chi connectivity index (χ0v) is 18.7. The van der Waals surface area contributed by atoms with Crippen molar-refractivity contribution in [3.05, 3.63) is 0 Å². The number of unbranched alkanes of at least 4 members (excludes halogenated alkanes) is 2. The molecule has 0 spiro atoms. The second-order valence-corrected chi connectivity index (χ2v) is 8.46. The minimum absolute atomic E-state index is 0.143. The summed E-state index contributed by atoms with van der Waals surface area (Å²) in [7, 11) is 0. The van der Waals surface area contributed by atoms with E-state index in [1.807, 2.05) is 0 Å². The van der Waals surface area contributed by atoms with Gasteiger partial charge in [0.2, 0.25) is 0 Å². The van der Waals surface area contributed by atoms with E-state index < -0.39 is 25.2 Å². The molecule has 0 heterocycles. The highest BCUT2D eigenvalue weighted by Crippen LogP contribution is 2.41. The summed E-state index contributed by atoms with van der Waals surface area (Å²) in [6.07, 6.45) is 0.253. The molecule has 2 atom stereocenters. The summed E-state index contributed by atoms with van der Waals surface area (Å²) >= 11 is 0. The molecule has 1 rings (SSSR count). The molecule has 0 saturated heterocycles. The summed E-state index contributed by atoms with van der Waals surface area (Å²) in [6, 6.07) is 0. The molecule has 30 heavy (non-hydrogen) atoms. The van der Waals surface area contributed by atoms with Gasteiger partial charge in [0.25, 0.3) is 0 Å². The maximum Gasteiger partial charge on any atom is 0.389 e. The average molecular weight is 455 g/mol. The van der Waals surface area contributed by atoms with E-state index in [9.17, 15) is 26.3 Å². The summed E-state index contributed by atoms with van der Waals surface area (Å²) in [4.78, 5) is 0. The van der Waals surface area contributed by atoms with E-state index in [0.717, 1.165) is 38.5 Å². The highest BCUT2D eigenvalue weighted by molar-refractivity contribution is 4.80. The van der Waals surface area contributed by atoms with Crippen LogP contribution in [0.15, 0.2) is 0 Å². The lowest BCUT2D eigenvalue weighted by atomic mass is 9.70. The molecule has 1 nitrogen and oxygen atoms in total. The third-order valence-electron chi connectivity index (χ3n) is 5.61. The molecule has 0 aliphatic heterocycles. The smallest absolute Gasteiger partial charge is 0.209 e. The fourth-order valence-corrected chi connectivity index (χ4v) is 4.09. The van der Waals surface area contributed by atoms with Gasteiger partial charge in [-0.3, -0.25) is 0 Å². The number of alkyl halides is 6. The Hall–Kier alpha value is -0.530. The van der Waals surface area contributed by atoms with E-state index in [4.69, 9.17) is 9.84 Å². The van der Waals surface area contributed by atoms with Gasteiger partial charge in [-0.15, -0.1) is 0 Å². The molecule has 1 aliphatic rings. The predicted molar refractivity (Wildman–Crippen MR) is 108 cm³/mol. The van der Waals surface area contributed by atoms with Crippen molar-refractivity contribution in [2.45, 2.75) is 123 Å². The first kappa shape index (κ1) is 31.7. The lowest BCUT2D eigenvalue weighted by Gasteiger charge is -2.35. The van der Waals surface area contributed by atoms with Crippen LogP contribution in [0.2, 0.25) is 0 Å². The van der Waals surface area contributed by atoms with Gasteiger partial charge >= 0.3 is 12.4 Å². The second-order valence-electron chi connectivity index (χ2n) is 8.46. The monoisotopic (exact) mass is 454 g/mol. The molecule has 1 aliphatic carbocycles. The standard InChI is InChI=1S/C18H30F6.C4H10.FHO/c1-2-3-6-14-11-15(7-4-9-17(19,20)21)13-16(12-14)8-5-10-18(22,23)24;1-3-4-2;1-2/h14-16H,2-13H2,1H3;3-4H2,1-2H3;2H. The molecule has 0 radical (unpaired) electrons. The van der Waals surface area contributed by atoms with Gasteiger partial charge in [-0.25, -0.2) is 5.31 Å². The maximum atomic E-state index is 12.3. The van der Waals surface area contributed by atoms with Crippen molar-refractivity contribution < 1.29 is 36.2 Å². The third-order valence-corrected chi connectivity index (χ3v) is 5.61. The first-order valence-corrected chi connectivity index (χ1v) is 11.3. The Morgan fingerprint density at radius 2 is 0.867 bits per heavy atom. The van der Waals surface area contributed by atoms with Crippen molar-refractivity contribution in [3.63, 3.8) is 0 Å². The van der Waals surface area contributed by atoms with E-state index in [0.29, 0.717) is 18.8 Å². The summed E-state index contributed by atoms with van der Waals surface area (Å²) in [5.41, 5.74) is 0. The summed E-state index contributed by atoms with van der Waals surface area (Å²) in [5, 5.41) is 5.50. The van der Waals surface area contributed by atoms with Crippen LogP contribution < -0.4 is 0 Å². The molecule has 0 amide bonds. The molecule has 8 heteroatoms. The van der Waals surface area contributed by atoms with Crippen molar-refractivity contribution in [2.75, 3.05) is 0 Å². The minimum atomic E-state index is -4.11. The highest BCUT2D eigenvalue weighted by Gasteiger charge is 2.32. The van der Waals surface area contributed by atoms with Gasteiger partial charge in [0.15, 0.2) is 0 Å². The van der Waals surface area contributed by atoms with Crippen LogP contribution in [-0.2, 0) is 0 Å². The van der Waals surface area contributed by atoms with Crippen LogP contribution in [0, 0.1) is 17.8 Å². The van der Waals surface area contributed by atoms with Crippen LogP contribution in [-0.4, -0.2) is 17.7 Å². The maximum absolute atomic E-state index is 12.3. The Bertz CT molecular complexity index is 339. The summed E-state index contributed by atoms with van der Waals surface area (Å²) in [5.74, 6) is 0.975. The fourth-order valence-electron chi connectivity index (χ4n) is 4.09.